The van der Waals surface area contributed by atoms with E-state index in [0.29, 0.717) is 19.9 Å². The van der Waals surface area contributed by atoms with Gasteiger partial charge in [0.15, 0.2) is 0 Å². The topological polar surface area (TPSA) is 56.6 Å². The van der Waals surface area contributed by atoms with E-state index >= 15 is 0 Å². The van der Waals surface area contributed by atoms with Gasteiger partial charge in [0.05, 0.1) is 32.7 Å². The van der Waals surface area contributed by atoms with Crippen LogP contribution in [0.3, 0.4) is 0 Å². The van der Waals surface area contributed by atoms with E-state index in [1.54, 1.807) is 19.2 Å². The number of ether oxygens (including phenoxy) is 2. The lowest BCUT2D eigenvalue weighted by molar-refractivity contribution is 0.0205. The van der Waals surface area contributed by atoms with Crippen molar-refractivity contribution in [3.8, 4) is 17.0 Å². The molecule has 2 aromatic rings. The first kappa shape index (κ1) is 14.7. The van der Waals surface area contributed by atoms with Crippen LogP contribution in [0.15, 0.2) is 41.2 Å². The zero-order valence-electron chi connectivity index (χ0n) is 12.6. The minimum atomic E-state index is -0.0989. The Hall–Kier alpha value is -2.18. The predicted octanol–water partition coefficient (Wildman–Crippen LogP) is 1.21. The van der Waals surface area contributed by atoms with Crippen LogP contribution in [0.4, 0.5) is 0 Å². The van der Waals surface area contributed by atoms with Gasteiger partial charge < -0.3 is 9.47 Å². The first-order valence-electron chi connectivity index (χ1n) is 7.29. The summed E-state index contributed by atoms with van der Waals surface area (Å²) in [4.78, 5) is 14.2. The van der Waals surface area contributed by atoms with Crippen molar-refractivity contribution in [2.24, 2.45) is 0 Å². The minimum Gasteiger partial charge on any atom is -0.497 e. The number of nitrogens with zero attached hydrogens (tertiary/aromatic N) is 3. The van der Waals surface area contributed by atoms with Crippen molar-refractivity contribution in [3.63, 3.8) is 0 Å². The summed E-state index contributed by atoms with van der Waals surface area (Å²) >= 11 is 0. The number of morpholine rings is 1. The van der Waals surface area contributed by atoms with Crippen LogP contribution in [0, 0.1) is 0 Å². The van der Waals surface area contributed by atoms with Gasteiger partial charge in [-0.15, -0.1) is 0 Å². The molecule has 2 heterocycles. The fourth-order valence-corrected chi connectivity index (χ4v) is 2.42. The Bertz CT molecular complexity index is 693. The Balaban J connectivity index is 1.86. The molecule has 6 heteroatoms. The molecule has 1 aromatic carbocycles. The van der Waals surface area contributed by atoms with E-state index in [2.05, 4.69) is 10.00 Å². The molecule has 3 rings (SSSR count). The fourth-order valence-electron chi connectivity index (χ4n) is 2.42. The molecule has 0 radical (unpaired) electrons. The van der Waals surface area contributed by atoms with E-state index < -0.39 is 0 Å². The molecular formula is C16H19N3O3. The third kappa shape index (κ3) is 3.35. The molecule has 1 aliphatic rings. The molecule has 0 atom stereocenters. The number of hydrogen-bond acceptors (Lipinski definition) is 5. The van der Waals surface area contributed by atoms with Gasteiger partial charge in [-0.05, 0) is 18.2 Å². The molecule has 0 unspecified atom stereocenters. The van der Waals surface area contributed by atoms with Crippen LogP contribution in [0.1, 0.15) is 0 Å². The Morgan fingerprint density at radius 2 is 2.05 bits per heavy atom. The van der Waals surface area contributed by atoms with Crippen molar-refractivity contribution < 1.29 is 9.47 Å². The summed E-state index contributed by atoms with van der Waals surface area (Å²) < 4.78 is 12.1. The van der Waals surface area contributed by atoms with E-state index in [1.807, 2.05) is 24.3 Å². The van der Waals surface area contributed by atoms with Gasteiger partial charge in [0.25, 0.3) is 5.56 Å². The number of aromatic nitrogens is 2. The number of rotatable bonds is 4. The molecule has 0 N–H and O–H groups in total. The highest BCUT2D eigenvalue weighted by molar-refractivity contribution is 5.60. The summed E-state index contributed by atoms with van der Waals surface area (Å²) in [6.07, 6.45) is 0. The van der Waals surface area contributed by atoms with E-state index in [0.717, 1.165) is 30.1 Å². The zero-order valence-corrected chi connectivity index (χ0v) is 12.6. The van der Waals surface area contributed by atoms with Crippen molar-refractivity contribution in [2.75, 3.05) is 33.4 Å². The maximum atomic E-state index is 12.0. The van der Waals surface area contributed by atoms with E-state index in [9.17, 15) is 4.79 Å². The van der Waals surface area contributed by atoms with Crippen molar-refractivity contribution in [3.05, 3.63) is 46.8 Å². The smallest absolute Gasteiger partial charge is 0.268 e. The van der Waals surface area contributed by atoms with Gasteiger partial charge >= 0.3 is 0 Å². The van der Waals surface area contributed by atoms with Crippen molar-refractivity contribution >= 4 is 0 Å². The van der Waals surface area contributed by atoms with Gasteiger partial charge in [-0.25, -0.2) is 4.68 Å². The summed E-state index contributed by atoms with van der Waals surface area (Å²) in [5, 5.41) is 4.48. The van der Waals surface area contributed by atoms with Gasteiger partial charge in [0.2, 0.25) is 0 Å². The van der Waals surface area contributed by atoms with Crippen molar-refractivity contribution in [1.29, 1.82) is 0 Å². The molecule has 0 spiro atoms. The molecule has 1 saturated heterocycles. The quantitative estimate of drug-likeness (QED) is 0.849. The average Bonchev–Trinajstić information content (AvgIpc) is 2.58. The highest BCUT2D eigenvalue weighted by Crippen LogP contribution is 2.21. The summed E-state index contributed by atoms with van der Waals surface area (Å²) in [6, 6.07) is 11.0. The molecule has 0 aliphatic carbocycles. The summed E-state index contributed by atoms with van der Waals surface area (Å²) in [7, 11) is 1.63. The second kappa shape index (κ2) is 6.72. The van der Waals surface area contributed by atoms with Crippen LogP contribution < -0.4 is 10.3 Å². The zero-order chi connectivity index (χ0) is 15.4. The van der Waals surface area contributed by atoms with Crippen LogP contribution in [0.25, 0.3) is 11.3 Å². The molecule has 116 valence electrons. The maximum absolute atomic E-state index is 12.0. The number of methoxy groups -OCH3 is 1. The van der Waals surface area contributed by atoms with Gasteiger partial charge in [-0.3, -0.25) is 9.69 Å². The predicted molar refractivity (Wildman–Crippen MR) is 82.9 cm³/mol. The van der Waals surface area contributed by atoms with Crippen molar-refractivity contribution in [1.82, 2.24) is 14.7 Å². The first-order valence-corrected chi connectivity index (χ1v) is 7.29. The molecule has 0 saturated carbocycles. The van der Waals surface area contributed by atoms with E-state index in [-0.39, 0.29) is 5.56 Å². The molecule has 0 amide bonds. The first-order chi connectivity index (χ1) is 10.8. The standard InChI is InChI=1S/C16H19N3O3/c1-21-14-4-2-3-13(11-14)15-5-6-16(20)19(17-15)12-18-7-9-22-10-8-18/h2-6,11H,7-10,12H2,1H3. The normalized spacial score (nSPS) is 15.7. The summed E-state index contributed by atoms with van der Waals surface area (Å²) in [5.74, 6) is 0.769. The second-order valence-corrected chi connectivity index (χ2v) is 5.16. The molecule has 1 aromatic heterocycles. The van der Waals surface area contributed by atoms with E-state index in [1.165, 1.54) is 4.68 Å². The van der Waals surface area contributed by atoms with E-state index in [4.69, 9.17) is 9.47 Å². The van der Waals surface area contributed by atoms with Gasteiger partial charge in [0, 0.05) is 24.7 Å². The molecule has 6 nitrogen and oxygen atoms in total. The third-order valence-corrected chi connectivity index (χ3v) is 3.67. The van der Waals surface area contributed by atoms with Gasteiger partial charge in [-0.1, -0.05) is 12.1 Å². The Kier molecular flexibility index (Phi) is 4.50. The average molecular weight is 301 g/mol. The van der Waals surface area contributed by atoms with Crippen molar-refractivity contribution in [2.45, 2.75) is 6.67 Å². The molecule has 0 bridgehead atoms. The largest absolute Gasteiger partial charge is 0.497 e. The molecule has 22 heavy (non-hydrogen) atoms. The van der Waals surface area contributed by atoms with Crippen LogP contribution >= 0.6 is 0 Å². The van der Waals surface area contributed by atoms with Crippen LogP contribution in [-0.4, -0.2) is 48.1 Å². The Morgan fingerprint density at radius 1 is 1.23 bits per heavy atom. The lowest BCUT2D eigenvalue weighted by Gasteiger charge is -2.26. The molecular weight excluding hydrogens is 282 g/mol. The van der Waals surface area contributed by atoms with Gasteiger partial charge in [-0.2, -0.15) is 5.10 Å². The molecule has 1 fully saturated rings. The fraction of sp³-hybridized carbons (Fsp3) is 0.375. The minimum absolute atomic E-state index is 0.0989. The monoisotopic (exact) mass is 301 g/mol. The lowest BCUT2D eigenvalue weighted by Crippen LogP contribution is -2.40. The highest BCUT2D eigenvalue weighted by atomic mass is 16.5. The van der Waals surface area contributed by atoms with Crippen LogP contribution in [0.2, 0.25) is 0 Å². The molecule has 1 aliphatic heterocycles. The van der Waals surface area contributed by atoms with Crippen LogP contribution in [-0.2, 0) is 11.4 Å². The second-order valence-electron chi connectivity index (χ2n) is 5.16. The third-order valence-electron chi connectivity index (χ3n) is 3.67. The summed E-state index contributed by atoms with van der Waals surface area (Å²) in [6.45, 7) is 3.52. The van der Waals surface area contributed by atoms with Gasteiger partial charge in [0.1, 0.15) is 5.75 Å². The summed E-state index contributed by atoms with van der Waals surface area (Å²) in [5.41, 5.74) is 1.58. The SMILES string of the molecule is COc1cccc(-c2ccc(=O)n(CN3CCOCC3)n2)c1. The lowest BCUT2D eigenvalue weighted by atomic mass is 10.1. The maximum Gasteiger partial charge on any atom is 0.268 e. The highest BCUT2D eigenvalue weighted by Gasteiger charge is 2.12. The Labute approximate surface area is 128 Å². The van der Waals surface area contributed by atoms with Crippen LogP contribution in [0.5, 0.6) is 5.75 Å². The number of benzene rings is 1. The number of hydrogen-bond donors (Lipinski definition) is 0. The Morgan fingerprint density at radius 3 is 2.82 bits per heavy atom.